The Morgan fingerprint density at radius 2 is 2.16 bits per heavy atom. The van der Waals surface area contributed by atoms with Crippen LogP contribution in [0.5, 0.6) is 0 Å². The lowest BCUT2D eigenvalue weighted by Crippen LogP contribution is -2.52. The predicted octanol–water partition coefficient (Wildman–Crippen LogP) is 2.49. The summed E-state index contributed by atoms with van der Waals surface area (Å²) in [5.74, 6) is 1.51. The Kier molecular flexibility index (Phi) is 4.29. The van der Waals surface area contributed by atoms with Gasteiger partial charge in [-0.05, 0) is 38.0 Å². The van der Waals surface area contributed by atoms with Crippen molar-refractivity contribution in [3.05, 3.63) is 17.8 Å². The van der Waals surface area contributed by atoms with Gasteiger partial charge in [0.25, 0.3) is 5.91 Å². The third-order valence-corrected chi connectivity index (χ3v) is 6.33. The molecule has 0 bridgehead atoms. The lowest BCUT2D eigenvalue weighted by Gasteiger charge is -2.42. The highest BCUT2D eigenvalue weighted by Crippen LogP contribution is 2.41. The fourth-order valence-corrected chi connectivity index (χ4v) is 4.58. The Hall–Kier alpha value is -1.85. The topological polar surface area (TPSA) is 66.7 Å². The molecule has 3 aliphatic rings. The summed E-state index contributed by atoms with van der Waals surface area (Å²) in [6, 6.07) is 0. The average Bonchev–Trinajstić information content (AvgIpc) is 3.21. The Bertz CT molecular complexity index is 667. The van der Waals surface area contributed by atoms with Crippen molar-refractivity contribution in [3.8, 4) is 0 Å². The van der Waals surface area contributed by atoms with Crippen molar-refractivity contribution in [1.82, 2.24) is 14.8 Å². The molecule has 0 aromatic carbocycles. The molecule has 1 spiro atoms. The van der Waals surface area contributed by atoms with Gasteiger partial charge in [-0.25, -0.2) is 4.98 Å². The van der Waals surface area contributed by atoms with Crippen molar-refractivity contribution in [2.45, 2.75) is 51.9 Å². The number of carbonyl (C=O) groups is 2. The molecule has 1 saturated carbocycles. The van der Waals surface area contributed by atoms with E-state index in [0.717, 1.165) is 32.4 Å². The van der Waals surface area contributed by atoms with Gasteiger partial charge in [-0.3, -0.25) is 9.59 Å². The summed E-state index contributed by atoms with van der Waals surface area (Å²) in [6.07, 6.45) is 8.52. The molecule has 3 fully saturated rings. The van der Waals surface area contributed by atoms with E-state index in [1.807, 2.05) is 11.8 Å². The number of hydrogen-bond acceptors (Lipinski definition) is 4. The molecular weight excluding hydrogens is 318 g/mol. The van der Waals surface area contributed by atoms with Crippen LogP contribution in [-0.4, -0.2) is 52.8 Å². The van der Waals surface area contributed by atoms with Crippen LogP contribution in [0.4, 0.5) is 0 Å². The number of aryl methyl sites for hydroxylation is 1. The molecule has 1 aromatic heterocycles. The van der Waals surface area contributed by atoms with E-state index < -0.39 is 0 Å². The summed E-state index contributed by atoms with van der Waals surface area (Å²) in [7, 11) is 0. The number of oxazole rings is 1. The van der Waals surface area contributed by atoms with Gasteiger partial charge in [-0.2, -0.15) is 0 Å². The molecule has 0 N–H and O–H groups in total. The number of rotatable bonds is 4. The van der Waals surface area contributed by atoms with Gasteiger partial charge in [0.15, 0.2) is 12.1 Å². The first-order valence-electron chi connectivity index (χ1n) is 9.64. The van der Waals surface area contributed by atoms with Crippen molar-refractivity contribution in [1.29, 1.82) is 0 Å². The molecule has 2 amide bonds. The van der Waals surface area contributed by atoms with Crippen molar-refractivity contribution >= 4 is 11.8 Å². The van der Waals surface area contributed by atoms with E-state index in [9.17, 15) is 9.59 Å². The fraction of sp³-hybridized carbons (Fsp3) is 0.737. The van der Waals surface area contributed by atoms with Crippen molar-refractivity contribution in [3.63, 3.8) is 0 Å². The van der Waals surface area contributed by atoms with E-state index in [-0.39, 0.29) is 17.2 Å². The van der Waals surface area contributed by atoms with Crippen LogP contribution in [0.1, 0.15) is 61.7 Å². The van der Waals surface area contributed by atoms with Crippen LogP contribution in [-0.2, 0) is 11.2 Å². The molecule has 2 saturated heterocycles. The molecular formula is C19H27N3O3. The first-order chi connectivity index (χ1) is 12.1. The molecule has 0 radical (unpaired) electrons. The van der Waals surface area contributed by atoms with E-state index in [0.29, 0.717) is 36.9 Å². The minimum Gasteiger partial charge on any atom is -0.448 e. The van der Waals surface area contributed by atoms with Crippen LogP contribution in [0.3, 0.4) is 0 Å². The zero-order valence-corrected chi connectivity index (χ0v) is 15.0. The smallest absolute Gasteiger partial charge is 0.276 e. The summed E-state index contributed by atoms with van der Waals surface area (Å²) >= 11 is 0. The Morgan fingerprint density at radius 1 is 1.32 bits per heavy atom. The first-order valence-corrected chi connectivity index (χ1v) is 9.64. The zero-order valence-electron chi connectivity index (χ0n) is 15.0. The van der Waals surface area contributed by atoms with Crippen LogP contribution < -0.4 is 0 Å². The van der Waals surface area contributed by atoms with Gasteiger partial charge in [0.2, 0.25) is 5.91 Å². The lowest BCUT2D eigenvalue weighted by atomic mass is 9.77. The van der Waals surface area contributed by atoms with Gasteiger partial charge in [-0.15, -0.1) is 0 Å². The molecule has 6 heteroatoms. The second-order valence-corrected chi connectivity index (χ2v) is 7.89. The maximum atomic E-state index is 13.2. The standard InChI is InChI=1S/C19H27N3O3/c1-2-15-16(20-13-25-15)17(23)22-10-8-19(12-22)7-4-9-21(18(19)24)11-14-5-3-6-14/h13-14H,2-12H2,1H3/t19-/m1/s1. The minimum atomic E-state index is -0.367. The summed E-state index contributed by atoms with van der Waals surface area (Å²) in [5, 5.41) is 0. The molecule has 2 aliphatic heterocycles. The van der Waals surface area contributed by atoms with Gasteiger partial charge in [-0.1, -0.05) is 13.3 Å². The van der Waals surface area contributed by atoms with E-state index in [1.54, 1.807) is 0 Å². The fourth-order valence-electron chi connectivity index (χ4n) is 4.58. The average molecular weight is 345 g/mol. The van der Waals surface area contributed by atoms with Crippen LogP contribution in [0.25, 0.3) is 0 Å². The summed E-state index contributed by atoms with van der Waals surface area (Å²) in [6.45, 7) is 4.91. The van der Waals surface area contributed by atoms with Gasteiger partial charge < -0.3 is 14.2 Å². The van der Waals surface area contributed by atoms with Crippen LogP contribution in [0.15, 0.2) is 10.8 Å². The monoisotopic (exact) mass is 345 g/mol. The number of aromatic nitrogens is 1. The number of amides is 2. The van der Waals surface area contributed by atoms with Gasteiger partial charge >= 0.3 is 0 Å². The summed E-state index contributed by atoms with van der Waals surface area (Å²) in [5.41, 5.74) is 0.0439. The van der Waals surface area contributed by atoms with E-state index in [2.05, 4.69) is 9.88 Å². The Labute approximate surface area is 148 Å². The van der Waals surface area contributed by atoms with Gasteiger partial charge in [0, 0.05) is 32.6 Å². The molecule has 0 unspecified atom stereocenters. The highest BCUT2D eigenvalue weighted by molar-refractivity contribution is 5.94. The Balaban J connectivity index is 1.46. The maximum absolute atomic E-state index is 13.2. The number of carbonyl (C=O) groups excluding carboxylic acids is 2. The molecule has 6 nitrogen and oxygen atoms in total. The zero-order chi connectivity index (χ0) is 17.4. The summed E-state index contributed by atoms with van der Waals surface area (Å²) in [4.78, 5) is 34.0. The van der Waals surface area contributed by atoms with Crippen LogP contribution in [0.2, 0.25) is 0 Å². The third-order valence-electron chi connectivity index (χ3n) is 6.33. The van der Waals surface area contributed by atoms with Crippen molar-refractivity contribution in [2.24, 2.45) is 11.3 Å². The van der Waals surface area contributed by atoms with Crippen molar-refractivity contribution < 1.29 is 14.0 Å². The van der Waals surface area contributed by atoms with E-state index >= 15 is 0 Å². The van der Waals surface area contributed by atoms with E-state index in [4.69, 9.17) is 4.42 Å². The SMILES string of the molecule is CCc1ocnc1C(=O)N1CC[C@]2(CCCN(CC3CCC3)C2=O)C1. The molecule has 25 heavy (non-hydrogen) atoms. The number of likely N-dealkylation sites (tertiary alicyclic amines) is 2. The lowest BCUT2D eigenvalue weighted by molar-refractivity contribution is -0.146. The molecule has 1 aromatic rings. The third kappa shape index (κ3) is 2.85. The maximum Gasteiger partial charge on any atom is 0.276 e. The quantitative estimate of drug-likeness (QED) is 0.841. The number of hydrogen-bond donors (Lipinski definition) is 0. The van der Waals surface area contributed by atoms with Crippen molar-refractivity contribution in [2.75, 3.05) is 26.2 Å². The molecule has 1 aliphatic carbocycles. The highest BCUT2D eigenvalue weighted by Gasteiger charge is 2.50. The first kappa shape index (κ1) is 16.6. The largest absolute Gasteiger partial charge is 0.448 e. The summed E-state index contributed by atoms with van der Waals surface area (Å²) < 4.78 is 5.30. The predicted molar refractivity (Wildman–Crippen MR) is 92.0 cm³/mol. The molecule has 1 atom stereocenters. The number of piperidine rings is 1. The molecule has 136 valence electrons. The van der Waals surface area contributed by atoms with Crippen LogP contribution in [0, 0.1) is 11.3 Å². The molecule has 4 rings (SSSR count). The second kappa shape index (κ2) is 6.46. The minimum absolute atomic E-state index is 0.0913. The molecule has 3 heterocycles. The van der Waals surface area contributed by atoms with E-state index in [1.165, 1.54) is 25.7 Å². The van der Waals surface area contributed by atoms with Gasteiger partial charge in [0.1, 0.15) is 5.76 Å². The van der Waals surface area contributed by atoms with Crippen LogP contribution >= 0.6 is 0 Å². The Morgan fingerprint density at radius 3 is 2.88 bits per heavy atom. The number of nitrogens with zero attached hydrogens (tertiary/aromatic N) is 3. The second-order valence-electron chi connectivity index (χ2n) is 7.89. The highest BCUT2D eigenvalue weighted by atomic mass is 16.3. The normalized spacial score (nSPS) is 27.2. The van der Waals surface area contributed by atoms with Gasteiger partial charge in [0.05, 0.1) is 5.41 Å².